The molecule has 0 spiro atoms. The molecule has 0 unspecified atom stereocenters. The number of rotatable bonds is 6. The van der Waals surface area contributed by atoms with Crippen molar-refractivity contribution >= 4 is 27.3 Å². The van der Waals surface area contributed by atoms with Crippen molar-refractivity contribution in [2.75, 3.05) is 6.61 Å². The second kappa shape index (κ2) is 7.38. The standard InChI is InChI=1S/C16H21BrN2OS/c1-16(2,3)19-10-12-9-13(17)11-18-15(12)20-7-6-14-5-4-8-21-14/h4-5,8-9,11,19H,6-7,10H2,1-3H3. The van der Waals surface area contributed by atoms with E-state index in [0.717, 1.165) is 23.0 Å². The van der Waals surface area contributed by atoms with Gasteiger partial charge in [0.15, 0.2) is 0 Å². The van der Waals surface area contributed by atoms with Crippen LogP contribution in [0.4, 0.5) is 0 Å². The molecule has 0 aliphatic heterocycles. The largest absolute Gasteiger partial charge is 0.477 e. The maximum Gasteiger partial charge on any atom is 0.217 e. The Labute approximate surface area is 138 Å². The lowest BCUT2D eigenvalue weighted by Crippen LogP contribution is -2.35. The molecule has 0 aliphatic carbocycles. The topological polar surface area (TPSA) is 34.2 Å². The molecule has 21 heavy (non-hydrogen) atoms. The Morgan fingerprint density at radius 3 is 2.86 bits per heavy atom. The summed E-state index contributed by atoms with van der Waals surface area (Å²) in [5.41, 5.74) is 1.14. The lowest BCUT2D eigenvalue weighted by molar-refractivity contribution is 0.303. The van der Waals surface area contributed by atoms with Crippen molar-refractivity contribution in [1.29, 1.82) is 0 Å². The highest BCUT2D eigenvalue weighted by Crippen LogP contribution is 2.21. The lowest BCUT2D eigenvalue weighted by atomic mass is 10.1. The molecule has 0 aromatic carbocycles. The van der Waals surface area contributed by atoms with Gasteiger partial charge in [-0.1, -0.05) is 6.07 Å². The Balaban J connectivity index is 1.97. The molecule has 2 heterocycles. The summed E-state index contributed by atoms with van der Waals surface area (Å²) >= 11 is 5.23. The van der Waals surface area contributed by atoms with Gasteiger partial charge in [-0.3, -0.25) is 0 Å². The third kappa shape index (κ3) is 5.77. The molecule has 2 aromatic heterocycles. The first-order chi connectivity index (χ1) is 9.94. The second-order valence-electron chi connectivity index (χ2n) is 5.90. The van der Waals surface area contributed by atoms with E-state index in [1.165, 1.54) is 4.88 Å². The Hall–Kier alpha value is -0.910. The Morgan fingerprint density at radius 1 is 1.38 bits per heavy atom. The van der Waals surface area contributed by atoms with Gasteiger partial charge in [0.1, 0.15) is 0 Å². The zero-order valence-electron chi connectivity index (χ0n) is 12.6. The third-order valence-electron chi connectivity index (χ3n) is 2.87. The second-order valence-corrected chi connectivity index (χ2v) is 7.85. The molecule has 0 saturated heterocycles. The van der Waals surface area contributed by atoms with Gasteiger partial charge < -0.3 is 10.1 Å². The predicted molar refractivity (Wildman–Crippen MR) is 92.0 cm³/mol. The van der Waals surface area contributed by atoms with Crippen molar-refractivity contribution in [3.63, 3.8) is 0 Å². The average molecular weight is 369 g/mol. The van der Waals surface area contributed by atoms with Crippen LogP contribution in [0, 0.1) is 0 Å². The SMILES string of the molecule is CC(C)(C)NCc1cc(Br)cnc1OCCc1cccs1. The van der Waals surface area contributed by atoms with E-state index in [4.69, 9.17) is 4.74 Å². The number of pyridine rings is 1. The molecule has 0 amide bonds. The first-order valence-electron chi connectivity index (χ1n) is 6.99. The van der Waals surface area contributed by atoms with Gasteiger partial charge in [-0.15, -0.1) is 11.3 Å². The van der Waals surface area contributed by atoms with Crippen LogP contribution >= 0.6 is 27.3 Å². The van der Waals surface area contributed by atoms with Crippen molar-refractivity contribution < 1.29 is 4.74 Å². The van der Waals surface area contributed by atoms with Crippen molar-refractivity contribution in [2.24, 2.45) is 0 Å². The first-order valence-corrected chi connectivity index (χ1v) is 8.66. The molecule has 0 radical (unpaired) electrons. The van der Waals surface area contributed by atoms with Gasteiger partial charge in [-0.2, -0.15) is 0 Å². The van der Waals surface area contributed by atoms with E-state index in [9.17, 15) is 0 Å². The Kier molecular flexibility index (Phi) is 5.79. The molecule has 114 valence electrons. The van der Waals surface area contributed by atoms with E-state index in [-0.39, 0.29) is 5.54 Å². The quantitative estimate of drug-likeness (QED) is 0.819. The third-order valence-corrected chi connectivity index (χ3v) is 4.24. The van der Waals surface area contributed by atoms with Crippen molar-refractivity contribution in [1.82, 2.24) is 10.3 Å². The molecular formula is C16H21BrN2OS. The van der Waals surface area contributed by atoms with Gasteiger partial charge in [-0.25, -0.2) is 4.98 Å². The normalized spacial score (nSPS) is 11.6. The van der Waals surface area contributed by atoms with Gasteiger partial charge >= 0.3 is 0 Å². The van der Waals surface area contributed by atoms with E-state index in [1.54, 1.807) is 17.5 Å². The fourth-order valence-electron chi connectivity index (χ4n) is 1.79. The highest BCUT2D eigenvalue weighted by atomic mass is 79.9. The summed E-state index contributed by atoms with van der Waals surface area (Å²) in [5.74, 6) is 0.714. The summed E-state index contributed by atoms with van der Waals surface area (Å²) in [6.45, 7) is 7.84. The molecule has 5 heteroatoms. The summed E-state index contributed by atoms with van der Waals surface area (Å²) in [7, 11) is 0. The Morgan fingerprint density at radius 2 is 2.19 bits per heavy atom. The highest BCUT2D eigenvalue weighted by molar-refractivity contribution is 9.10. The van der Waals surface area contributed by atoms with Gasteiger partial charge in [-0.05, 0) is 54.2 Å². The first kappa shape index (κ1) is 16.5. The molecule has 3 nitrogen and oxygen atoms in total. The van der Waals surface area contributed by atoms with Crippen LogP contribution in [0.1, 0.15) is 31.2 Å². The zero-order valence-corrected chi connectivity index (χ0v) is 15.1. The van der Waals surface area contributed by atoms with Crippen molar-refractivity contribution in [3.8, 4) is 5.88 Å². The van der Waals surface area contributed by atoms with Gasteiger partial charge in [0.2, 0.25) is 5.88 Å². The fraction of sp³-hybridized carbons (Fsp3) is 0.438. The molecule has 1 N–H and O–H groups in total. The zero-order chi connectivity index (χ0) is 15.3. The molecule has 0 bridgehead atoms. The number of halogens is 1. The number of hydrogen-bond donors (Lipinski definition) is 1. The van der Waals surface area contributed by atoms with Gasteiger partial charge in [0, 0.05) is 39.6 Å². The van der Waals surface area contributed by atoms with Crippen LogP contribution in [0.2, 0.25) is 0 Å². The van der Waals surface area contributed by atoms with Crippen LogP contribution in [-0.2, 0) is 13.0 Å². The molecule has 0 saturated carbocycles. The fourth-order valence-corrected chi connectivity index (χ4v) is 2.86. The summed E-state index contributed by atoms with van der Waals surface area (Å²) in [6.07, 6.45) is 2.70. The lowest BCUT2D eigenvalue weighted by Gasteiger charge is -2.21. The summed E-state index contributed by atoms with van der Waals surface area (Å²) < 4.78 is 6.84. The Bertz CT molecular complexity index is 564. The maximum absolute atomic E-state index is 5.87. The summed E-state index contributed by atoms with van der Waals surface area (Å²) in [5, 5.41) is 5.56. The van der Waals surface area contributed by atoms with E-state index in [0.29, 0.717) is 12.5 Å². The number of ether oxygens (including phenoxy) is 1. The van der Waals surface area contributed by atoms with E-state index < -0.39 is 0 Å². The van der Waals surface area contributed by atoms with Crippen LogP contribution in [0.25, 0.3) is 0 Å². The minimum Gasteiger partial charge on any atom is -0.477 e. The minimum absolute atomic E-state index is 0.0660. The smallest absolute Gasteiger partial charge is 0.217 e. The van der Waals surface area contributed by atoms with Crippen molar-refractivity contribution in [2.45, 2.75) is 39.3 Å². The van der Waals surface area contributed by atoms with Crippen LogP contribution in [0.15, 0.2) is 34.2 Å². The molecule has 2 rings (SSSR count). The van der Waals surface area contributed by atoms with Crippen LogP contribution in [0.3, 0.4) is 0 Å². The summed E-state index contributed by atoms with van der Waals surface area (Å²) in [6, 6.07) is 6.26. The van der Waals surface area contributed by atoms with Gasteiger partial charge in [0.05, 0.1) is 6.61 Å². The molecule has 0 atom stereocenters. The minimum atomic E-state index is 0.0660. The molecule has 0 fully saturated rings. The van der Waals surface area contributed by atoms with Crippen LogP contribution in [-0.4, -0.2) is 17.1 Å². The maximum atomic E-state index is 5.87. The summed E-state index contributed by atoms with van der Waals surface area (Å²) in [4.78, 5) is 5.73. The van der Waals surface area contributed by atoms with Crippen LogP contribution < -0.4 is 10.1 Å². The number of aromatic nitrogens is 1. The van der Waals surface area contributed by atoms with Crippen LogP contribution in [0.5, 0.6) is 5.88 Å². The van der Waals surface area contributed by atoms with Gasteiger partial charge in [0.25, 0.3) is 0 Å². The average Bonchev–Trinajstić information content (AvgIpc) is 2.91. The molecule has 2 aromatic rings. The molecule has 0 aliphatic rings. The predicted octanol–water partition coefficient (Wildman–Crippen LogP) is 4.42. The number of nitrogens with one attached hydrogen (secondary N) is 1. The number of hydrogen-bond acceptors (Lipinski definition) is 4. The van der Waals surface area contributed by atoms with E-state index >= 15 is 0 Å². The van der Waals surface area contributed by atoms with E-state index in [1.807, 2.05) is 0 Å². The monoisotopic (exact) mass is 368 g/mol. The van der Waals surface area contributed by atoms with E-state index in [2.05, 4.69) is 70.6 Å². The number of thiophene rings is 1. The van der Waals surface area contributed by atoms with Crippen molar-refractivity contribution in [3.05, 3.63) is 44.7 Å². The molecular weight excluding hydrogens is 348 g/mol. The highest BCUT2D eigenvalue weighted by Gasteiger charge is 2.12. The number of nitrogens with zero attached hydrogens (tertiary/aromatic N) is 1.